The van der Waals surface area contributed by atoms with Gasteiger partial charge in [-0.2, -0.15) is 0 Å². The third kappa shape index (κ3) is 5.78. The van der Waals surface area contributed by atoms with E-state index in [-0.39, 0.29) is 5.91 Å². The first kappa shape index (κ1) is 17.0. The van der Waals surface area contributed by atoms with Crippen LogP contribution in [0.25, 0.3) is 0 Å². The quantitative estimate of drug-likeness (QED) is 0.606. The van der Waals surface area contributed by atoms with Crippen LogP contribution in [0, 0.1) is 13.8 Å². The number of aryl methyl sites for hydroxylation is 2. The summed E-state index contributed by atoms with van der Waals surface area (Å²) in [5.74, 6) is 1.46. The molecule has 116 valence electrons. The zero-order valence-corrected chi connectivity index (χ0v) is 14.6. The number of nitrogens with one attached hydrogen (secondary N) is 1. The van der Waals surface area contributed by atoms with Crippen molar-refractivity contribution in [2.75, 3.05) is 18.1 Å². The van der Waals surface area contributed by atoms with Gasteiger partial charge in [-0.1, -0.05) is 24.3 Å². The predicted molar refractivity (Wildman–Crippen MR) is 96.8 cm³/mol. The summed E-state index contributed by atoms with van der Waals surface area (Å²) in [6.45, 7) is 4.90. The monoisotopic (exact) mass is 331 g/mol. The Kier molecular flexibility index (Phi) is 6.87. The second-order valence-electron chi connectivity index (χ2n) is 5.05. The Morgan fingerprint density at radius 2 is 1.73 bits per heavy atom. The standard InChI is InChI=1S/C18H21NOS2/c1-14-8-9-17(12-15(14)2)22-13-18(20)19-10-11-21-16-6-4-3-5-7-16/h3-9,12H,10-11,13H2,1-2H3,(H,19,20). The number of amides is 1. The number of benzene rings is 2. The molecule has 2 nitrogen and oxygen atoms in total. The number of carbonyl (C=O) groups excluding carboxylic acids is 1. The topological polar surface area (TPSA) is 29.1 Å². The first-order chi connectivity index (χ1) is 10.6. The average Bonchev–Trinajstić information content (AvgIpc) is 2.54. The van der Waals surface area contributed by atoms with E-state index in [0.717, 1.165) is 10.6 Å². The lowest BCUT2D eigenvalue weighted by Crippen LogP contribution is -2.27. The van der Waals surface area contributed by atoms with E-state index in [1.807, 2.05) is 18.2 Å². The fraction of sp³-hybridized carbons (Fsp3) is 0.278. The molecule has 0 bridgehead atoms. The minimum atomic E-state index is 0.0943. The molecule has 0 fully saturated rings. The molecule has 0 radical (unpaired) electrons. The van der Waals surface area contributed by atoms with E-state index in [1.165, 1.54) is 16.0 Å². The second kappa shape index (κ2) is 8.91. The summed E-state index contributed by atoms with van der Waals surface area (Å²) >= 11 is 3.35. The van der Waals surface area contributed by atoms with Crippen molar-refractivity contribution in [3.05, 3.63) is 59.7 Å². The van der Waals surface area contributed by atoms with Gasteiger partial charge in [0, 0.05) is 22.1 Å². The highest BCUT2D eigenvalue weighted by molar-refractivity contribution is 8.00. The normalized spacial score (nSPS) is 10.5. The van der Waals surface area contributed by atoms with Crippen LogP contribution in [-0.2, 0) is 4.79 Å². The maximum absolute atomic E-state index is 11.8. The SMILES string of the molecule is Cc1ccc(SCC(=O)NCCSc2ccccc2)cc1C. The maximum atomic E-state index is 11.8. The molecule has 0 aromatic heterocycles. The van der Waals surface area contributed by atoms with Crippen molar-refractivity contribution in [1.82, 2.24) is 5.32 Å². The summed E-state index contributed by atoms with van der Waals surface area (Å²) in [6.07, 6.45) is 0. The van der Waals surface area contributed by atoms with Crippen LogP contribution in [-0.4, -0.2) is 24.0 Å². The Hall–Kier alpha value is -1.39. The van der Waals surface area contributed by atoms with Crippen molar-refractivity contribution in [1.29, 1.82) is 0 Å². The molecule has 0 atom stereocenters. The van der Waals surface area contributed by atoms with Crippen molar-refractivity contribution >= 4 is 29.4 Å². The van der Waals surface area contributed by atoms with Crippen LogP contribution in [0.2, 0.25) is 0 Å². The van der Waals surface area contributed by atoms with Crippen LogP contribution in [0.1, 0.15) is 11.1 Å². The van der Waals surface area contributed by atoms with Gasteiger partial charge in [-0.25, -0.2) is 0 Å². The van der Waals surface area contributed by atoms with E-state index >= 15 is 0 Å². The summed E-state index contributed by atoms with van der Waals surface area (Å²) in [5, 5.41) is 2.97. The summed E-state index contributed by atoms with van der Waals surface area (Å²) < 4.78 is 0. The smallest absolute Gasteiger partial charge is 0.230 e. The van der Waals surface area contributed by atoms with E-state index in [9.17, 15) is 4.79 Å². The number of hydrogen-bond donors (Lipinski definition) is 1. The molecule has 0 aliphatic heterocycles. The number of hydrogen-bond acceptors (Lipinski definition) is 3. The molecule has 0 heterocycles. The fourth-order valence-corrected chi connectivity index (χ4v) is 3.49. The Labute approximate surface area is 141 Å². The van der Waals surface area contributed by atoms with Gasteiger partial charge < -0.3 is 5.32 Å². The lowest BCUT2D eigenvalue weighted by Gasteiger charge is -2.07. The molecule has 2 rings (SSSR count). The molecule has 0 saturated carbocycles. The highest BCUT2D eigenvalue weighted by Crippen LogP contribution is 2.20. The van der Waals surface area contributed by atoms with Crippen molar-refractivity contribution in [3.8, 4) is 0 Å². The summed E-state index contributed by atoms with van der Waals surface area (Å²) in [7, 11) is 0. The van der Waals surface area contributed by atoms with E-state index in [1.54, 1.807) is 23.5 Å². The Balaban J connectivity index is 1.64. The molecule has 1 amide bonds. The molecule has 2 aromatic rings. The van der Waals surface area contributed by atoms with Gasteiger partial charge in [-0.15, -0.1) is 23.5 Å². The molecule has 22 heavy (non-hydrogen) atoms. The Bertz CT molecular complexity index is 614. The van der Waals surface area contributed by atoms with Crippen molar-refractivity contribution in [2.24, 2.45) is 0 Å². The lowest BCUT2D eigenvalue weighted by molar-refractivity contribution is -0.118. The second-order valence-corrected chi connectivity index (χ2v) is 7.26. The summed E-state index contributed by atoms with van der Waals surface area (Å²) in [5.41, 5.74) is 2.55. The van der Waals surface area contributed by atoms with Crippen LogP contribution in [0.3, 0.4) is 0 Å². The van der Waals surface area contributed by atoms with Crippen molar-refractivity contribution in [3.63, 3.8) is 0 Å². The van der Waals surface area contributed by atoms with E-state index in [4.69, 9.17) is 0 Å². The van der Waals surface area contributed by atoms with E-state index in [0.29, 0.717) is 12.3 Å². The van der Waals surface area contributed by atoms with Crippen LogP contribution in [0.5, 0.6) is 0 Å². The van der Waals surface area contributed by atoms with Gasteiger partial charge >= 0.3 is 0 Å². The van der Waals surface area contributed by atoms with Gasteiger partial charge in [0.05, 0.1) is 5.75 Å². The number of rotatable bonds is 7. The van der Waals surface area contributed by atoms with Crippen LogP contribution in [0.15, 0.2) is 58.3 Å². The molecule has 2 aromatic carbocycles. The van der Waals surface area contributed by atoms with Crippen LogP contribution < -0.4 is 5.32 Å². The molecule has 0 aliphatic rings. The van der Waals surface area contributed by atoms with Gasteiger partial charge in [-0.3, -0.25) is 4.79 Å². The fourth-order valence-electron chi connectivity index (χ4n) is 1.88. The molecule has 0 saturated heterocycles. The van der Waals surface area contributed by atoms with Gasteiger partial charge in [0.1, 0.15) is 0 Å². The van der Waals surface area contributed by atoms with E-state index in [2.05, 4.69) is 49.5 Å². The zero-order chi connectivity index (χ0) is 15.8. The van der Waals surface area contributed by atoms with Crippen molar-refractivity contribution in [2.45, 2.75) is 23.6 Å². The molecule has 0 aliphatic carbocycles. The highest BCUT2D eigenvalue weighted by atomic mass is 32.2. The predicted octanol–water partition coefficient (Wildman–Crippen LogP) is 4.30. The van der Waals surface area contributed by atoms with Crippen LogP contribution >= 0.6 is 23.5 Å². The minimum absolute atomic E-state index is 0.0943. The van der Waals surface area contributed by atoms with Gasteiger partial charge in [0.2, 0.25) is 5.91 Å². The Morgan fingerprint density at radius 3 is 2.45 bits per heavy atom. The summed E-state index contributed by atoms with van der Waals surface area (Å²) in [4.78, 5) is 14.2. The third-order valence-electron chi connectivity index (χ3n) is 3.28. The molecule has 0 unspecified atom stereocenters. The summed E-state index contributed by atoms with van der Waals surface area (Å²) in [6, 6.07) is 16.6. The van der Waals surface area contributed by atoms with Gasteiger partial charge in [0.25, 0.3) is 0 Å². The molecule has 1 N–H and O–H groups in total. The zero-order valence-electron chi connectivity index (χ0n) is 13.0. The van der Waals surface area contributed by atoms with Crippen molar-refractivity contribution < 1.29 is 4.79 Å². The molecular formula is C18H21NOS2. The third-order valence-corrected chi connectivity index (χ3v) is 5.29. The largest absolute Gasteiger partial charge is 0.355 e. The molecule has 4 heteroatoms. The highest BCUT2D eigenvalue weighted by Gasteiger charge is 2.03. The minimum Gasteiger partial charge on any atom is -0.355 e. The Morgan fingerprint density at radius 1 is 0.955 bits per heavy atom. The number of carbonyl (C=O) groups is 1. The van der Waals surface area contributed by atoms with E-state index < -0.39 is 0 Å². The van der Waals surface area contributed by atoms with Gasteiger partial charge in [0.15, 0.2) is 0 Å². The first-order valence-electron chi connectivity index (χ1n) is 7.30. The number of thioether (sulfide) groups is 2. The average molecular weight is 332 g/mol. The lowest BCUT2D eigenvalue weighted by atomic mass is 10.1. The van der Waals surface area contributed by atoms with Gasteiger partial charge in [-0.05, 0) is 49.2 Å². The molecular weight excluding hydrogens is 310 g/mol. The maximum Gasteiger partial charge on any atom is 0.230 e. The first-order valence-corrected chi connectivity index (χ1v) is 9.27. The molecule has 0 spiro atoms. The van der Waals surface area contributed by atoms with Crippen LogP contribution in [0.4, 0.5) is 0 Å².